The van der Waals surface area contributed by atoms with Gasteiger partial charge in [-0.05, 0) is 13.3 Å². The maximum Gasteiger partial charge on any atom is 0.314 e. The molecule has 2 atom stereocenters. The third kappa shape index (κ3) is 1.96. The summed E-state index contributed by atoms with van der Waals surface area (Å²) in [4.78, 5) is 23.1. The van der Waals surface area contributed by atoms with Gasteiger partial charge in [-0.1, -0.05) is 24.5 Å². The Hall–Kier alpha value is -1.32. The lowest BCUT2D eigenvalue weighted by Gasteiger charge is -2.37. The number of rotatable bonds is 4. The van der Waals surface area contributed by atoms with E-state index in [1.165, 1.54) is 14.2 Å². The van der Waals surface area contributed by atoms with Crippen LogP contribution in [0.2, 0.25) is 0 Å². The molecule has 0 unspecified atom stereocenters. The summed E-state index contributed by atoms with van der Waals surface area (Å²) in [6, 6.07) is 0. The molecule has 0 saturated heterocycles. The molecule has 0 aromatic rings. The second kappa shape index (κ2) is 5.14. The fourth-order valence-corrected chi connectivity index (χ4v) is 2.27. The van der Waals surface area contributed by atoms with Gasteiger partial charge in [-0.15, -0.1) is 0 Å². The first-order valence-electron chi connectivity index (χ1n) is 5.43. The van der Waals surface area contributed by atoms with E-state index in [1.807, 2.05) is 13.8 Å². The molecule has 0 aromatic carbocycles. The minimum absolute atomic E-state index is 0.343. The molecule has 1 aliphatic carbocycles. The SMILES string of the molecule is CCCC1=C(C)[C@@H](C(=O)OC)[C@@H]1C(=O)OC. The van der Waals surface area contributed by atoms with E-state index in [0.717, 1.165) is 24.0 Å². The van der Waals surface area contributed by atoms with Gasteiger partial charge < -0.3 is 9.47 Å². The summed E-state index contributed by atoms with van der Waals surface area (Å²) >= 11 is 0. The number of carbonyl (C=O) groups is 2. The highest BCUT2D eigenvalue weighted by atomic mass is 16.5. The van der Waals surface area contributed by atoms with Gasteiger partial charge in [-0.2, -0.15) is 0 Å². The molecule has 90 valence electrons. The van der Waals surface area contributed by atoms with Gasteiger partial charge in [0.2, 0.25) is 0 Å². The van der Waals surface area contributed by atoms with E-state index in [0.29, 0.717) is 0 Å². The van der Waals surface area contributed by atoms with Crippen molar-refractivity contribution < 1.29 is 19.1 Å². The fraction of sp³-hybridized carbons (Fsp3) is 0.667. The lowest BCUT2D eigenvalue weighted by Crippen LogP contribution is -2.42. The quantitative estimate of drug-likeness (QED) is 0.540. The van der Waals surface area contributed by atoms with Gasteiger partial charge in [-0.3, -0.25) is 9.59 Å². The molecule has 1 aliphatic rings. The van der Waals surface area contributed by atoms with E-state index in [9.17, 15) is 9.59 Å². The van der Waals surface area contributed by atoms with Gasteiger partial charge in [0.05, 0.1) is 26.1 Å². The molecule has 0 bridgehead atoms. The Bertz CT molecular complexity index is 330. The van der Waals surface area contributed by atoms with Gasteiger partial charge >= 0.3 is 11.9 Å². The molecule has 4 nitrogen and oxygen atoms in total. The van der Waals surface area contributed by atoms with E-state index in [2.05, 4.69) is 0 Å². The van der Waals surface area contributed by atoms with Crippen LogP contribution in [0.4, 0.5) is 0 Å². The van der Waals surface area contributed by atoms with Crippen molar-refractivity contribution in [2.75, 3.05) is 14.2 Å². The van der Waals surface area contributed by atoms with Gasteiger partial charge in [0, 0.05) is 0 Å². The zero-order chi connectivity index (χ0) is 12.3. The molecule has 0 N–H and O–H groups in total. The zero-order valence-corrected chi connectivity index (χ0v) is 10.2. The topological polar surface area (TPSA) is 52.6 Å². The average Bonchev–Trinajstić information content (AvgIpc) is 2.30. The van der Waals surface area contributed by atoms with Gasteiger partial charge in [0.15, 0.2) is 0 Å². The predicted octanol–water partition coefficient (Wildman–Crippen LogP) is 1.70. The Labute approximate surface area is 95.6 Å². The van der Waals surface area contributed by atoms with Crippen LogP contribution < -0.4 is 0 Å². The highest BCUT2D eigenvalue weighted by Gasteiger charge is 2.47. The van der Waals surface area contributed by atoms with Crippen LogP contribution in [0.1, 0.15) is 26.7 Å². The van der Waals surface area contributed by atoms with E-state index < -0.39 is 11.8 Å². The van der Waals surface area contributed by atoms with Crippen LogP contribution in [-0.2, 0) is 19.1 Å². The number of carbonyl (C=O) groups excluding carboxylic acids is 2. The maximum absolute atomic E-state index is 11.6. The van der Waals surface area contributed by atoms with Crippen LogP contribution in [0.3, 0.4) is 0 Å². The molecule has 4 heteroatoms. The van der Waals surface area contributed by atoms with Gasteiger partial charge in [0.1, 0.15) is 0 Å². The summed E-state index contributed by atoms with van der Waals surface area (Å²) in [5, 5.41) is 0. The molecule has 16 heavy (non-hydrogen) atoms. The third-order valence-electron chi connectivity index (χ3n) is 3.11. The summed E-state index contributed by atoms with van der Waals surface area (Å²) < 4.78 is 9.42. The highest BCUT2D eigenvalue weighted by molar-refractivity contribution is 5.90. The predicted molar refractivity (Wildman–Crippen MR) is 58.6 cm³/mol. The normalized spacial score (nSPS) is 23.8. The van der Waals surface area contributed by atoms with Crippen molar-refractivity contribution in [1.82, 2.24) is 0 Å². The Morgan fingerprint density at radius 1 is 1.12 bits per heavy atom. The molecule has 0 spiro atoms. The van der Waals surface area contributed by atoms with E-state index in [1.54, 1.807) is 0 Å². The van der Waals surface area contributed by atoms with Crippen molar-refractivity contribution >= 4 is 11.9 Å². The Balaban J connectivity index is 2.94. The molecule has 0 aromatic heterocycles. The molecule has 0 saturated carbocycles. The smallest absolute Gasteiger partial charge is 0.314 e. The summed E-state index contributed by atoms with van der Waals surface area (Å²) in [7, 11) is 2.68. The molecule has 0 radical (unpaired) electrons. The monoisotopic (exact) mass is 226 g/mol. The first-order valence-corrected chi connectivity index (χ1v) is 5.43. The first-order chi connectivity index (χ1) is 7.58. The maximum atomic E-state index is 11.6. The molecular formula is C12H18O4. The lowest BCUT2D eigenvalue weighted by molar-refractivity contribution is -0.156. The molecule has 0 aliphatic heterocycles. The third-order valence-corrected chi connectivity index (χ3v) is 3.11. The van der Waals surface area contributed by atoms with E-state index >= 15 is 0 Å². The van der Waals surface area contributed by atoms with Crippen LogP contribution in [0.15, 0.2) is 11.1 Å². The minimum atomic E-state index is -0.445. The van der Waals surface area contributed by atoms with Crippen LogP contribution in [0.5, 0.6) is 0 Å². The molecular weight excluding hydrogens is 208 g/mol. The molecule has 0 fully saturated rings. The minimum Gasteiger partial charge on any atom is -0.469 e. The Kier molecular flexibility index (Phi) is 4.10. The number of esters is 2. The van der Waals surface area contributed by atoms with Crippen molar-refractivity contribution in [3.05, 3.63) is 11.1 Å². The van der Waals surface area contributed by atoms with Crippen LogP contribution in [0.25, 0.3) is 0 Å². The van der Waals surface area contributed by atoms with Crippen LogP contribution >= 0.6 is 0 Å². The summed E-state index contributed by atoms with van der Waals surface area (Å²) in [6.45, 7) is 3.92. The largest absolute Gasteiger partial charge is 0.469 e. The second-order valence-corrected chi connectivity index (χ2v) is 3.96. The molecule has 1 rings (SSSR count). The number of ether oxygens (including phenoxy) is 2. The second-order valence-electron chi connectivity index (χ2n) is 3.96. The van der Waals surface area contributed by atoms with Crippen LogP contribution in [-0.4, -0.2) is 26.2 Å². The number of methoxy groups -OCH3 is 2. The Morgan fingerprint density at radius 3 is 2.06 bits per heavy atom. The summed E-state index contributed by atoms with van der Waals surface area (Å²) in [6.07, 6.45) is 1.78. The standard InChI is InChI=1S/C12H18O4/c1-5-6-8-7(2)9(11(13)15-3)10(8)12(14)16-4/h9-10H,5-6H2,1-4H3/t9-,10-/m1/s1. The van der Waals surface area contributed by atoms with E-state index in [-0.39, 0.29) is 11.9 Å². The van der Waals surface area contributed by atoms with Crippen molar-refractivity contribution in [3.63, 3.8) is 0 Å². The van der Waals surface area contributed by atoms with Crippen molar-refractivity contribution in [1.29, 1.82) is 0 Å². The Morgan fingerprint density at radius 2 is 1.62 bits per heavy atom. The molecule has 0 heterocycles. The average molecular weight is 226 g/mol. The summed E-state index contributed by atoms with van der Waals surface area (Å²) in [5.41, 5.74) is 1.99. The zero-order valence-electron chi connectivity index (χ0n) is 10.2. The summed E-state index contributed by atoms with van der Waals surface area (Å²) in [5.74, 6) is -1.58. The highest BCUT2D eigenvalue weighted by Crippen LogP contribution is 2.44. The first kappa shape index (κ1) is 12.7. The van der Waals surface area contributed by atoms with E-state index in [4.69, 9.17) is 9.47 Å². The number of hydrogen-bond acceptors (Lipinski definition) is 4. The number of hydrogen-bond donors (Lipinski definition) is 0. The van der Waals surface area contributed by atoms with Crippen molar-refractivity contribution in [2.45, 2.75) is 26.7 Å². The van der Waals surface area contributed by atoms with Gasteiger partial charge in [0.25, 0.3) is 0 Å². The van der Waals surface area contributed by atoms with Crippen molar-refractivity contribution in [2.24, 2.45) is 11.8 Å². The lowest BCUT2D eigenvalue weighted by atomic mass is 9.67. The molecule has 0 amide bonds. The fourth-order valence-electron chi connectivity index (χ4n) is 2.27. The van der Waals surface area contributed by atoms with Crippen LogP contribution in [0, 0.1) is 11.8 Å². The van der Waals surface area contributed by atoms with Gasteiger partial charge in [-0.25, -0.2) is 0 Å². The van der Waals surface area contributed by atoms with Crippen molar-refractivity contribution in [3.8, 4) is 0 Å².